The van der Waals surface area contributed by atoms with Crippen LogP contribution in [0, 0.1) is 11.3 Å². The topological polar surface area (TPSA) is 99.5 Å². The first kappa shape index (κ1) is 18.7. The lowest BCUT2D eigenvalue weighted by Crippen LogP contribution is -2.37. The quantitative estimate of drug-likeness (QED) is 0.772. The second-order valence-electron chi connectivity index (χ2n) is 5.53. The summed E-state index contributed by atoms with van der Waals surface area (Å²) in [4.78, 5) is 37.9. The number of anilines is 1. The molecular weight excluding hydrogens is 393 g/mol. The maximum Gasteiger partial charge on any atom is 0.262 e. The zero-order valence-electron chi connectivity index (χ0n) is 13.7. The Balaban J connectivity index is 1.71. The largest absolute Gasteiger partial charge is 0.479 e. The third kappa shape index (κ3) is 3.87. The van der Waals surface area contributed by atoms with Gasteiger partial charge in [-0.1, -0.05) is 29.3 Å². The van der Waals surface area contributed by atoms with E-state index in [0.717, 1.165) is 4.90 Å². The Kier molecular flexibility index (Phi) is 5.31. The van der Waals surface area contributed by atoms with Gasteiger partial charge in [-0.25, -0.2) is 0 Å². The lowest BCUT2D eigenvalue weighted by Gasteiger charge is -2.14. The van der Waals surface area contributed by atoms with E-state index in [1.807, 2.05) is 6.07 Å². The van der Waals surface area contributed by atoms with Crippen LogP contribution in [0.5, 0.6) is 5.75 Å². The second-order valence-corrected chi connectivity index (χ2v) is 6.35. The number of amides is 3. The van der Waals surface area contributed by atoms with Crippen LogP contribution in [0.2, 0.25) is 10.0 Å². The van der Waals surface area contributed by atoms with Crippen molar-refractivity contribution in [1.82, 2.24) is 4.90 Å². The molecule has 3 rings (SSSR count). The molecule has 0 saturated carbocycles. The molecular formula is C18H11Cl2N3O4. The lowest BCUT2D eigenvalue weighted by molar-refractivity contribution is -0.116. The van der Waals surface area contributed by atoms with E-state index in [4.69, 9.17) is 33.2 Å². The average molecular weight is 404 g/mol. The first-order valence-electron chi connectivity index (χ1n) is 7.65. The number of rotatable bonds is 5. The number of hydrogen-bond donors (Lipinski definition) is 1. The molecule has 0 bridgehead atoms. The molecule has 0 aromatic heterocycles. The molecule has 9 heteroatoms. The number of carbonyl (C=O) groups is 3. The van der Waals surface area contributed by atoms with Crippen LogP contribution in [0.25, 0.3) is 0 Å². The standard InChI is InChI=1S/C18H11Cl2N3O4/c19-14-7-12-13(8-15(14)20)18(26)23(17(12)25)9-16(24)22-10-2-1-3-11(6-10)27-5-4-21/h1-3,6-8H,5,9H2,(H,22,24). The SMILES string of the molecule is N#CCOc1cccc(NC(=O)CN2C(=O)c3cc(Cl)c(Cl)cc3C2=O)c1. The number of carbonyl (C=O) groups excluding carboxylic acids is 3. The van der Waals surface area contributed by atoms with Gasteiger partial charge in [0.2, 0.25) is 5.91 Å². The summed E-state index contributed by atoms with van der Waals surface area (Å²) in [6.45, 7) is -0.595. The van der Waals surface area contributed by atoms with Crippen molar-refractivity contribution < 1.29 is 19.1 Å². The molecule has 136 valence electrons. The maximum absolute atomic E-state index is 12.4. The minimum atomic E-state index is -0.616. The van der Waals surface area contributed by atoms with E-state index in [2.05, 4.69) is 5.32 Å². The first-order chi connectivity index (χ1) is 12.9. The second kappa shape index (κ2) is 7.66. The molecule has 0 radical (unpaired) electrons. The first-order valence-corrected chi connectivity index (χ1v) is 8.41. The predicted molar refractivity (Wildman–Crippen MR) is 98.0 cm³/mol. The zero-order valence-corrected chi connectivity index (χ0v) is 15.2. The minimum absolute atomic E-state index is 0.106. The molecule has 1 aliphatic rings. The number of nitriles is 1. The van der Waals surface area contributed by atoms with Gasteiger partial charge in [0, 0.05) is 11.8 Å². The molecule has 0 aliphatic carbocycles. The fraction of sp³-hybridized carbons (Fsp3) is 0.111. The molecule has 0 unspecified atom stereocenters. The molecule has 1 heterocycles. The number of fused-ring (bicyclic) bond motifs is 1. The predicted octanol–water partition coefficient (Wildman–Crippen LogP) is 3.13. The summed E-state index contributed by atoms with van der Waals surface area (Å²) in [7, 11) is 0. The molecule has 2 aromatic rings. The smallest absolute Gasteiger partial charge is 0.262 e. The molecule has 27 heavy (non-hydrogen) atoms. The Morgan fingerprint density at radius 2 is 1.74 bits per heavy atom. The monoisotopic (exact) mass is 403 g/mol. The van der Waals surface area contributed by atoms with Crippen molar-refractivity contribution >= 4 is 46.6 Å². The molecule has 3 amide bonds. The van der Waals surface area contributed by atoms with Crippen molar-refractivity contribution in [3.63, 3.8) is 0 Å². The van der Waals surface area contributed by atoms with Crippen LogP contribution >= 0.6 is 23.2 Å². The van der Waals surface area contributed by atoms with E-state index in [-0.39, 0.29) is 27.8 Å². The Morgan fingerprint density at radius 3 is 2.33 bits per heavy atom. The third-order valence-corrected chi connectivity index (χ3v) is 4.46. The molecule has 7 nitrogen and oxygen atoms in total. The van der Waals surface area contributed by atoms with Gasteiger partial charge in [0.05, 0.1) is 21.2 Å². The Morgan fingerprint density at radius 1 is 1.11 bits per heavy atom. The van der Waals surface area contributed by atoms with Gasteiger partial charge >= 0.3 is 0 Å². The highest BCUT2D eigenvalue weighted by atomic mass is 35.5. The number of halogens is 2. The van der Waals surface area contributed by atoms with E-state index in [9.17, 15) is 14.4 Å². The van der Waals surface area contributed by atoms with Crippen LogP contribution in [0.4, 0.5) is 5.69 Å². The lowest BCUT2D eigenvalue weighted by atomic mass is 10.1. The molecule has 2 aromatic carbocycles. The van der Waals surface area contributed by atoms with Crippen LogP contribution < -0.4 is 10.1 Å². The molecule has 0 saturated heterocycles. The Bertz CT molecular complexity index is 960. The van der Waals surface area contributed by atoms with Gasteiger partial charge in [0.1, 0.15) is 18.4 Å². The van der Waals surface area contributed by atoms with Crippen molar-refractivity contribution in [2.45, 2.75) is 0 Å². The van der Waals surface area contributed by atoms with Gasteiger partial charge in [-0.15, -0.1) is 0 Å². The Labute approximate surface area is 164 Å². The maximum atomic E-state index is 12.4. The highest BCUT2D eigenvalue weighted by Gasteiger charge is 2.37. The highest BCUT2D eigenvalue weighted by molar-refractivity contribution is 6.43. The van der Waals surface area contributed by atoms with Gasteiger partial charge in [-0.05, 0) is 24.3 Å². The van der Waals surface area contributed by atoms with Crippen molar-refractivity contribution in [1.29, 1.82) is 5.26 Å². The summed E-state index contributed by atoms with van der Waals surface area (Å²) in [6.07, 6.45) is 0. The van der Waals surface area contributed by atoms with E-state index in [1.165, 1.54) is 18.2 Å². The van der Waals surface area contributed by atoms with Crippen molar-refractivity contribution in [3.05, 3.63) is 57.6 Å². The van der Waals surface area contributed by atoms with Crippen molar-refractivity contribution in [2.24, 2.45) is 0 Å². The van der Waals surface area contributed by atoms with Crippen LogP contribution in [-0.2, 0) is 4.79 Å². The van der Waals surface area contributed by atoms with Gasteiger partial charge in [0.15, 0.2) is 6.61 Å². The summed E-state index contributed by atoms with van der Waals surface area (Å²) in [5.41, 5.74) is 0.612. The van der Waals surface area contributed by atoms with Crippen LogP contribution in [0.3, 0.4) is 0 Å². The number of nitrogens with zero attached hydrogens (tertiary/aromatic N) is 2. The molecule has 0 fully saturated rings. The van der Waals surface area contributed by atoms with Crippen LogP contribution in [0.15, 0.2) is 36.4 Å². The number of hydrogen-bond acceptors (Lipinski definition) is 5. The van der Waals surface area contributed by atoms with E-state index >= 15 is 0 Å². The molecule has 1 aliphatic heterocycles. The number of imide groups is 1. The van der Waals surface area contributed by atoms with E-state index < -0.39 is 24.3 Å². The fourth-order valence-corrected chi connectivity index (χ4v) is 2.88. The summed E-state index contributed by atoms with van der Waals surface area (Å²) >= 11 is 11.8. The summed E-state index contributed by atoms with van der Waals surface area (Å²) < 4.78 is 5.15. The number of benzene rings is 2. The summed E-state index contributed by atoms with van der Waals surface area (Å²) in [5, 5.41) is 11.4. The number of nitrogens with one attached hydrogen (secondary N) is 1. The third-order valence-electron chi connectivity index (χ3n) is 3.73. The summed E-state index contributed by atoms with van der Waals surface area (Å²) in [6, 6.07) is 10.9. The van der Waals surface area contributed by atoms with Crippen molar-refractivity contribution in [3.8, 4) is 11.8 Å². The van der Waals surface area contributed by atoms with Gasteiger partial charge in [-0.3, -0.25) is 19.3 Å². The van der Waals surface area contributed by atoms with Gasteiger partial charge < -0.3 is 10.1 Å². The van der Waals surface area contributed by atoms with Gasteiger partial charge in [0.25, 0.3) is 11.8 Å². The zero-order chi connectivity index (χ0) is 19.6. The van der Waals surface area contributed by atoms with Crippen molar-refractivity contribution in [2.75, 3.05) is 18.5 Å². The van der Waals surface area contributed by atoms with Gasteiger partial charge in [-0.2, -0.15) is 5.26 Å². The fourth-order valence-electron chi connectivity index (χ4n) is 2.55. The minimum Gasteiger partial charge on any atom is -0.479 e. The highest BCUT2D eigenvalue weighted by Crippen LogP contribution is 2.31. The van der Waals surface area contributed by atoms with E-state index in [0.29, 0.717) is 11.4 Å². The molecule has 0 atom stereocenters. The van der Waals surface area contributed by atoms with Crippen LogP contribution in [-0.4, -0.2) is 35.8 Å². The summed E-state index contributed by atoms with van der Waals surface area (Å²) in [5.74, 6) is -1.40. The van der Waals surface area contributed by atoms with Crippen LogP contribution in [0.1, 0.15) is 20.7 Å². The van der Waals surface area contributed by atoms with E-state index in [1.54, 1.807) is 18.2 Å². The number of ether oxygens (including phenoxy) is 1. The normalized spacial score (nSPS) is 12.6. The average Bonchev–Trinajstić information content (AvgIpc) is 2.85. The molecule has 0 spiro atoms. The molecule has 1 N–H and O–H groups in total. The Hall–Kier alpha value is -3.08.